The predicted molar refractivity (Wildman–Crippen MR) is 74.6 cm³/mol. The van der Waals surface area contributed by atoms with E-state index >= 15 is 0 Å². The summed E-state index contributed by atoms with van der Waals surface area (Å²) in [6.07, 6.45) is -0.0809. The van der Waals surface area contributed by atoms with Gasteiger partial charge < -0.3 is 20.7 Å². The molecule has 9 nitrogen and oxygen atoms in total. The third kappa shape index (κ3) is 9.09. The second-order valence-corrected chi connectivity index (χ2v) is 5.63. The summed E-state index contributed by atoms with van der Waals surface area (Å²) in [5.41, 5.74) is 5.20. The number of nitrogens with two attached hydrogens (primary N) is 1. The minimum atomic E-state index is -1.45. The molecule has 0 fully saturated rings. The zero-order valence-electron chi connectivity index (χ0n) is 14.3. The van der Waals surface area contributed by atoms with E-state index in [0.29, 0.717) is 6.42 Å². The van der Waals surface area contributed by atoms with Crippen LogP contribution in [-0.4, -0.2) is 28.9 Å². The fourth-order valence-corrected chi connectivity index (χ4v) is 2.42. The van der Waals surface area contributed by atoms with Gasteiger partial charge in [-0.25, -0.2) is 4.79 Å². The maximum atomic E-state index is 11.3. The van der Waals surface area contributed by atoms with Crippen LogP contribution in [0.15, 0.2) is 0 Å². The molecule has 0 aliphatic rings. The molecule has 0 aromatic heterocycles. The fraction of sp³-hybridized carbons (Fsp3) is 0.714. The molecule has 10 heteroatoms. The van der Waals surface area contributed by atoms with Crippen LogP contribution < -0.4 is 68.1 Å². The molecule has 0 aromatic carbocycles. The van der Waals surface area contributed by atoms with Crippen molar-refractivity contribution in [2.45, 2.75) is 39.5 Å². The number of rotatable bonds is 11. The van der Waals surface area contributed by atoms with Crippen molar-refractivity contribution >= 4 is 23.8 Å². The molecule has 0 bridgehead atoms. The van der Waals surface area contributed by atoms with Gasteiger partial charge in [0, 0.05) is 17.8 Å². The molecule has 0 saturated carbocycles. The number of hydrogen-bond donors (Lipinski definition) is 3. The Kier molecular flexibility index (Phi) is 13.7. The van der Waals surface area contributed by atoms with E-state index in [1.165, 1.54) is 6.92 Å². The number of aliphatic carboxylic acids is 2. The Morgan fingerprint density at radius 2 is 1.62 bits per heavy atom. The molecule has 0 spiro atoms. The van der Waals surface area contributed by atoms with Gasteiger partial charge in [0.1, 0.15) is 0 Å². The Balaban J connectivity index is 0. The number of carboxylic acids is 2. The van der Waals surface area contributed by atoms with Gasteiger partial charge in [0.25, 0.3) is 0 Å². The van der Waals surface area contributed by atoms with Crippen LogP contribution in [0.1, 0.15) is 39.5 Å². The molecule has 132 valence electrons. The Morgan fingerprint density at radius 1 is 1.12 bits per heavy atom. The zero-order chi connectivity index (χ0) is 18.2. The summed E-state index contributed by atoms with van der Waals surface area (Å²) in [7, 11) is 0. The number of primary amides is 1. The molecule has 0 saturated heterocycles. The first-order chi connectivity index (χ1) is 10.6. The molecule has 0 aliphatic carbocycles. The summed E-state index contributed by atoms with van der Waals surface area (Å²) >= 11 is 0. The second-order valence-electron chi connectivity index (χ2n) is 5.63. The first-order valence-corrected chi connectivity index (χ1v) is 7.32. The third-order valence-electron chi connectivity index (χ3n) is 3.90. The number of carbonyl (C=O) groups is 4. The normalized spacial score (nSPS) is 15.3. The van der Waals surface area contributed by atoms with Crippen LogP contribution in [0.3, 0.4) is 0 Å². The Bertz CT molecular complexity index is 458. The van der Waals surface area contributed by atoms with E-state index in [4.69, 9.17) is 5.73 Å². The molecule has 24 heavy (non-hydrogen) atoms. The SMILES string of the molecule is CCC(CC(CC(CC(C)C(=O)O[NH3+])C(=O)[O-])C(=O)O)C(N)=O.[K+]. The summed E-state index contributed by atoms with van der Waals surface area (Å²) in [6, 6.07) is 0. The van der Waals surface area contributed by atoms with Crippen molar-refractivity contribution in [3.8, 4) is 0 Å². The maximum Gasteiger partial charge on any atom is 1.00 e. The molecule has 4 atom stereocenters. The van der Waals surface area contributed by atoms with Gasteiger partial charge in [-0.2, -0.15) is 5.90 Å². The second kappa shape index (κ2) is 12.8. The van der Waals surface area contributed by atoms with E-state index in [9.17, 15) is 29.4 Å². The quantitative estimate of drug-likeness (QED) is 0.241. The van der Waals surface area contributed by atoms with Gasteiger partial charge in [0.05, 0.1) is 11.8 Å². The minimum absolute atomic E-state index is 0. The zero-order valence-corrected chi connectivity index (χ0v) is 17.4. The smallest absolute Gasteiger partial charge is 0.550 e. The van der Waals surface area contributed by atoms with Crippen LogP contribution in [-0.2, 0) is 24.0 Å². The van der Waals surface area contributed by atoms with Gasteiger partial charge in [0.15, 0.2) is 0 Å². The third-order valence-corrected chi connectivity index (χ3v) is 3.90. The van der Waals surface area contributed by atoms with Gasteiger partial charge in [-0.05, 0) is 25.7 Å². The summed E-state index contributed by atoms with van der Waals surface area (Å²) in [6.45, 7) is 3.15. The number of quaternary nitrogens is 1. The van der Waals surface area contributed by atoms with E-state index in [0.717, 1.165) is 0 Å². The van der Waals surface area contributed by atoms with Crippen LogP contribution in [0.5, 0.6) is 0 Å². The largest absolute Gasteiger partial charge is 1.00 e. The van der Waals surface area contributed by atoms with Crippen molar-refractivity contribution in [3.05, 3.63) is 0 Å². The van der Waals surface area contributed by atoms with Gasteiger partial charge in [0.2, 0.25) is 5.91 Å². The Labute approximate surface area is 182 Å². The summed E-state index contributed by atoms with van der Waals surface area (Å²) < 4.78 is 0. The van der Waals surface area contributed by atoms with Crippen LogP contribution >= 0.6 is 0 Å². The average molecular weight is 371 g/mol. The van der Waals surface area contributed by atoms with Crippen molar-refractivity contribution < 1.29 is 91.5 Å². The standard InChI is InChI=1S/C14H24N2O7.K/c1-3-8(11(15)17)5-10(13(20)21)6-9(12(18)19)4-7(2)14(22)23-16;/h7-10H,3-6H2,1-2,16H3,(H3-,15,17,18,19,20,21);/q;+1. The molecular weight excluding hydrogens is 347 g/mol. The maximum absolute atomic E-state index is 11.3. The van der Waals surface area contributed by atoms with E-state index in [1.54, 1.807) is 6.92 Å². The monoisotopic (exact) mass is 371 g/mol. The molecule has 0 heterocycles. The van der Waals surface area contributed by atoms with Crippen LogP contribution in [0.4, 0.5) is 0 Å². The van der Waals surface area contributed by atoms with E-state index in [2.05, 4.69) is 10.7 Å². The van der Waals surface area contributed by atoms with E-state index in [-0.39, 0.29) is 70.6 Å². The van der Waals surface area contributed by atoms with Crippen molar-refractivity contribution in [1.82, 2.24) is 0 Å². The summed E-state index contributed by atoms with van der Waals surface area (Å²) in [4.78, 5) is 49.4. The van der Waals surface area contributed by atoms with Gasteiger partial charge in [-0.15, -0.1) is 0 Å². The number of hydrogen-bond acceptors (Lipinski definition) is 6. The minimum Gasteiger partial charge on any atom is -0.550 e. The Hall–Kier alpha value is -0.524. The first-order valence-electron chi connectivity index (χ1n) is 7.32. The number of carboxylic acid groups (broad SMARTS) is 2. The molecular formula is C14H24KN2O7+. The van der Waals surface area contributed by atoms with Crippen molar-refractivity contribution in [1.29, 1.82) is 0 Å². The van der Waals surface area contributed by atoms with Crippen LogP contribution in [0.25, 0.3) is 0 Å². The average Bonchev–Trinajstić information content (AvgIpc) is 2.47. The van der Waals surface area contributed by atoms with Crippen LogP contribution in [0.2, 0.25) is 0 Å². The molecule has 1 amide bonds. The van der Waals surface area contributed by atoms with Crippen molar-refractivity contribution in [3.63, 3.8) is 0 Å². The number of carbonyl (C=O) groups excluding carboxylic acids is 3. The van der Waals surface area contributed by atoms with E-state index < -0.39 is 47.5 Å². The summed E-state index contributed by atoms with van der Waals surface area (Å²) in [5.74, 6) is -4.67. The molecule has 6 N–H and O–H groups in total. The molecule has 4 unspecified atom stereocenters. The van der Waals surface area contributed by atoms with Gasteiger partial charge >= 0.3 is 63.3 Å². The summed E-state index contributed by atoms with van der Waals surface area (Å²) in [5, 5.41) is 20.5. The first kappa shape index (κ1) is 25.7. The molecule has 0 aliphatic heterocycles. The predicted octanol–water partition coefficient (Wildman–Crippen LogP) is -4.92. The van der Waals surface area contributed by atoms with Crippen LogP contribution in [0, 0.1) is 23.7 Å². The molecule has 0 aromatic rings. The molecule has 0 radical (unpaired) electrons. The fourth-order valence-electron chi connectivity index (χ4n) is 2.42. The van der Waals surface area contributed by atoms with Crippen molar-refractivity contribution in [2.24, 2.45) is 29.4 Å². The molecule has 0 rings (SSSR count). The number of amides is 1. The Morgan fingerprint density at radius 3 is 1.96 bits per heavy atom. The van der Waals surface area contributed by atoms with Gasteiger partial charge in [-0.1, -0.05) is 13.8 Å². The topological polar surface area (TPSA) is 174 Å². The van der Waals surface area contributed by atoms with Crippen molar-refractivity contribution in [2.75, 3.05) is 0 Å². The van der Waals surface area contributed by atoms with Gasteiger partial charge in [-0.3, -0.25) is 14.4 Å². The van der Waals surface area contributed by atoms with E-state index in [1.807, 2.05) is 0 Å².